The third-order valence-electron chi connectivity index (χ3n) is 1.90. The highest BCUT2D eigenvalue weighted by Gasteiger charge is 2.19. The van der Waals surface area contributed by atoms with E-state index >= 15 is 0 Å². The van der Waals surface area contributed by atoms with E-state index in [0.29, 0.717) is 6.42 Å². The van der Waals surface area contributed by atoms with Crippen LogP contribution in [0.15, 0.2) is 18.2 Å². The molecule has 0 aromatic heterocycles. The number of hydrogen-bond acceptors (Lipinski definition) is 3. The molecule has 0 aliphatic heterocycles. The van der Waals surface area contributed by atoms with Crippen molar-refractivity contribution in [2.24, 2.45) is 0 Å². The second-order valence-electron chi connectivity index (χ2n) is 3.00. The van der Waals surface area contributed by atoms with Gasteiger partial charge in [-0.15, -0.1) is 11.6 Å². The normalized spacial score (nSPS) is 9.24. The molecule has 0 unspecified atom stereocenters. The monoisotopic (exact) mass is 253 g/mol. The van der Waals surface area contributed by atoms with E-state index in [0.717, 1.165) is 0 Å². The van der Waals surface area contributed by atoms with Gasteiger partial charge in [0.05, 0.1) is 10.5 Å². The minimum absolute atomic E-state index is 0.0879. The predicted octanol–water partition coefficient (Wildman–Crippen LogP) is 2.27. The average molecular weight is 254 g/mol. The van der Waals surface area contributed by atoms with E-state index in [4.69, 9.17) is 16.7 Å². The number of rotatable bonds is 3. The topological polar surface area (TPSA) is 80.4 Å². The molecule has 1 aromatic rings. The van der Waals surface area contributed by atoms with Crippen LogP contribution in [0.5, 0.6) is 0 Å². The zero-order valence-corrected chi connectivity index (χ0v) is 9.40. The Labute approximate surface area is 102 Å². The quantitative estimate of drug-likeness (QED) is 0.388. The summed E-state index contributed by atoms with van der Waals surface area (Å²) < 4.78 is 0. The molecule has 1 rings (SSSR count). The fourth-order valence-corrected chi connectivity index (χ4v) is 1.29. The smallest absolute Gasteiger partial charge is 0.337 e. The van der Waals surface area contributed by atoms with E-state index < -0.39 is 10.9 Å². The molecule has 0 atom stereocenters. The minimum Gasteiger partial charge on any atom is -0.478 e. The van der Waals surface area contributed by atoms with Crippen LogP contribution in [0.4, 0.5) is 5.69 Å². The summed E-state index contributed by atoms with van der Waals surface area (Å²) in [5.41, 5.74) is -0.580. The first-order valence-corrected chi connectivity index (χ1v) is 5.17. The van der Waals surface area contributed by atoms with Crippen molar-refractivity contribution in [2.45, 2.75) is 6.42 Å². The van der Waals surface area contributed by atoms with Crippen LogP contribution in [0.2, 0.25) is 0 Å². The zero-order valence-electron chi connectivity index (χ0n) is 8.64. The molecule has 88 valence electrons. The van der Waals surface area contributed by atoms with Crippen LogP contribution < -0.4 is 0 Å². The van der Waals surface area contributed by atoms with Gasteiger partial charge < -0.3 is 5.11 Å². The molecule has 1 aromatic carbocycles. The fourth-order valence-electron chi connectivity index (χ4n) is 1.20. The fraction of sp³-hybridized carbons (Fsp3) is 0.182. The van der Waals surface area contributed by atoms with E-state index in [9.17, 15) is 14.9 Å². The molecule has 0 heterocycles. The van der Waals surface area contributed by atoms with Crippen molar-refractivity contribution in [3.05, 3.63) is 39.4 Å². The van der Waals surface area contributed by atoms with Gasteiger partial charge in [-0.05, 0) is 6.07 Å². The Morgan fingerprint density at radius 3 is 2.76 bits per heavy atom. The van der Waals surface area contributed by atoms with Gasteiger partial charge in [0.2, 0.25) is 0 Å². The summed E-state index contributed by atoms with van der Waals surface area (Å²) in [7, 11) is 0. The van der Waals surface area contributed by atoms with Crippen molar-refractivity contribution >= 4 is 23.3 Å². The van der Waals surface area contributed by atoms with E-state index in [-0.39, 0.29) is 22.7 Å². The Morgan fingerprint density at radius 2 is 2.24 bits per heavy atom. The molecule has 0 aliphatic carbocycles. The minimum atomic E-state index is -1.25. The molecular formula is C11H8ClNO4. The second-order valence-corrected chi connectivity index (χ2v) is 3.38. The highest BCUT2D eigenvalue weighted by molar-refractivity contribution is 6.18. The first-order valence-electron chi connectivity index (χ1n) is 4.63. The van der Waals surface area contributed by atoms with E-state index in [1.165, 1.54) is 18.2 Å². The Balaban J connectivity index is 3.35. The van der Waals surface area contributed by atoms with Gasteiger partial charge >= 0.3 is 5.97 Å². The third kappa shape index (κ3) is 3.20. The summed E-state index contributed by atoms with van der Waals surface area (Å²) in [4.78, 5) is 21.0. The SMILES string of the molecule is O=C(O)c1cccc([N+](=O)[O-])c1C#CCCCl. The lowest BCUT2D eigenvalue weighted by molar-refractivity contribution is -0.385. The number of carbonyl (C=O) groups is 1. The Kier molecular flexibility index (Phi) is 4.49. The number of nitro benzene ring substituents is 1. The molecular weight excluding hydrogens is 246 g/mol. The molecule has 17 heavy (non-hydrogen) atoms. The maximum absolute atomic E-state index is 10.9. The third-order valence-corrected chi connectivity index (χ3v) is 2.09. The summed E-state index contributed by atoms with van der Waals surface area (Å²) in [6.07, 6.45) is 0.340. The highest BCUT2D eigenvalue weighted by atomic mass is 35.5. The van der Waals surface area contributed by atoms with Crippen LogP contribution in [0.3, 0.4) is 0 Å². The highest BCUT2D eigenvalue weighted by Crippen LogP contribution is 2.21. The molecule has 0 aliphatic rings. The van der Waals surface area contributed by atoms with Crippen LogP contribution in [0, 0.1) is 22.0 Å². The molecule has 0 radical (unpaired) electrons. The Bertz CT molecular complexity index is 484. The number of nitro groups is 1. The molecule has 0 fully saturated rings. The maximum Gasteiger partial charge on any atom is 0.337 e. The molecule has 0 bridgehead atoms. The number of carboxylic acid groups (broad SMARTS) is 1. The lowest BCUT2D eigenvalue weighted by Gasteiger charge is -1.99. The summed E-state index contributed by atoms with van der Waals surface area (Å²) in [6.45, 7) is 0. The van der Waals surface area contributed by atoms with Crippen molar-refractivity contribution < 1.29 is 14.8 Å². The van der Waals surface area contributed by atoms with Crippen LogP contribution in [0.1, 0.15) is 22.3 Å². The average Bonchev–Trinajstić information content (AvgIpc) is 2.28. The number of hydrogen-bond donors (Lipinski definition) is 1. The first kappa shape index (κ1) is 13.0. The summed E-state index contributed by atoms with van der Waals surface area (Å²) in [6, 6.07) is 3.81. The van der Waals surface area contributed by atoms with Crippen molar-refractivity contribution in [1.82, 2.24) is 0 Å². The molecule has 0 saturated heterocycles. The standard InChI is InChI=1S/C11H8ClNO4/c12-7-2-1-4-8-9(11(14)15)5-3-6-10(8)13(16)17/h3,5-6H,2,7H2,(H,14,15). The van der Waals surface area contributed by atoms with Crippen LogP contribution in [-0.2, 0) is 0 Å². The van der Waals surface area contributed by atoms with E-state index in [1.54, 1.807) is 0 Å². The van der Waals surface area contributed by atoms with Crippen molar-refractivity contribution in [1.29, 1.82) is 0 Å². The Hall–Kier alpha value is -2.06. The van der Waals surface area contributed by atoms with Gasteiger partial charge in [-0.25, -0.2) is 4.79 Å². The van der Waals surface area contributed by atoms with Crippen LogP contribution in [-0.4, -0.2) is 21.9 Å². The van der Waals surface area contributed by atoms with Crippen molar-refractivity contribution in [3.8, 4) is 11.8 Å². The second kappa shape index (κ2) is 5.87. The number of carboxylic acids is 1. The van der Waals surface area contributed by atoms with Gasteiger partial charge in [-0.3, -0.25) is 10.1 Å². The molecule has 5 nitrogen and oxygen atoms in total. The molecule has 6 heteroatoms. The van der Waals surface area contributed by atoms with Crippen LogP contribution >= 0.6 is 11.6 Å². The largest absolute Gasteiger partial charge is 0.478 e. The maximum atomic E-state index is 10.9. The number of alkyl halides is 1. The lowest BCUT2D eigenvalue weighted by atomic mass is 10.1. The van der Waals surface area contributed by atoms with Gasteiger partial charge in [0.1, 0.15) is 5.56 Å². The lowest BCUT2D eigenvalue weighted by Crippen LogP contribution is -2.03. The summed E-state index contributed by atoms with van der Waals surface area (Å²) in [5, 5.41) is 19.7. The number of aromatic carboxylic acids is 1. The molecule has 0 spiro atoms. The van der Waals surface area contributed by atoms with E-state index in [2.05, 4.69) is 11.8 Å². The van der Waals surface area contributed by atoms with E-state index in [1.807, 2.05) is 0 Å². The van der Waals surface area contributed by atoms with Gasteiger partial charge in [-0.1, -0.05) is 17.9 Å². The van der Waals surface area contributed by atoms with Gasteiger partial charge in [-0.2, -0.15) is 0 Å². The molecule has 0 amide bonds. The van der Waals surface area contributed by atoms with Gasteiger partial charge in [0, 0.05) is 18.4 Å². The molecule has 0 saturated carbocycles. The van der Waals surface area contributed by atoms with Gasteiger partial charge in [0.15, 0.2) is 0 Å². The summed E-state index contributed by atoms with van der Waals surface area (Å²) >= 11 is 5.42. The predicted molar refractivity (Wildman–Crippen MR) is 62.3 cm³/mol. The Morgan fingerprint density at radius 1 is 1.53 bits per heavy atom. The van der Waals surface area contributed by atoms with Crippen molar-refractivity contribution in [2.75, 3.05) is 5.88 Å². The molecule has 1 N–H and O–H groups in total. The van der Waals surface area contributed by atoms with Crippen molar-refractivity contribution in [3.63, 3.8) is 0 Å². The van der Waals surface area contributed by atoms with Gasteiger partial charge in [0.25, 0.3) is 5.69 Å². The summed E-state index contributed by atoms with van der Waals surface area (Å²) in [5.74, 6) is 4.12. The number of nitrogens with zero attached hydrogens (tertiary/aromatic N) is 1. The number of halogens is 1. The zero-order chi connectivity index (χ0) is 12.8. The first-order chi connectivity index (χ1) is 8.07. The van der Waals surface area contributed by atoms with Crippen LogP contribution in [0.25, 0.3) is 0 Å². The number of benzene rings is 1.